The van der Waals surface area contributed by atoms with Gasteiger partial charge in [-0.25, -0.2) is 0 Å². The predicted molar refractivity (Wildman–Crippen MR) is 111 cm³/mol. The normalized spacial score (nSPS) is 48.7. The Morgan fingerprint density at radius 3 is 2.39 bits per heavy atom. The Morgan fingerprint density at radius 1 is 1.13 bits per heavy atom. The summed E-state index contributed by atoms with van der Waals surface area (Å²) in [6.07, 6.45) is 1.36. The highest BCUT2D eigenvalue weighted by atomic mass is 16.6. The molecule has 0 amide bonds. The minimum atomic E-state index is -0.843. The first-order valence-corrected chi connectivity index (χ1v) is 11.2. The SMILES string of the molecule is COC1=CC(C)C2CC3OC(=O)CC4C(C)C(OC)C(OC(C)=O)C(C2(C)C1=O)C34C. The van der Waals surface area contributed by atoms with Crippen LogP contribution in [0.2, 0.25) is 0 Å². The summed E-state index contributed by atoms with van der Waals surface area (Å²) in [5, 5.41) is 0. The molecule has 1 aliphatic heterocycles. The van der Waals surface area contributed by atoms with Gasteiger partial charge in [0.15, 0.2) is 5.76 Å². The van der Waals surface area contributed by atoms with E-state index in [0.29, 0.717) is 12.2 Å². The van der Waals surface area contributed by atoms with Crippen LogP contribution in [0.25, 0.3) is 0 Å². The largest absolute Gasteiger partial charge is 0.493 e. The molecule has 7 nitrogen and oxygen atoms in total. The van der Waals surface area contributed by atoms with Crippen molar-refractivity contribution in [1.29, 1.82) is 0 Å². The smallest absolute Gasteiger partial charge is 0.306 e. The van der Waals surface area contributed by atoms with Crippen LogP contribution in [0.4, 0.5) is 0 Å². The summed E-state index contributed by atoms with van der Waals surface area (Å²) in [6, 6.07) is 0. The highest BCUT2D eigenvalue weighted by molar-refractivity contribution is 5.99. The number of hydrogen-bond donors (Lipinski definition) is 0. The molecular formula is C24H34O7. The van der Waals surface area contributed by atoms with E-state index in [2.05, 4.69) is 13.8 Å². The van der Waals surface area contributed by atoms with Gasteiger partial charge >= 0.3 is 11.9 Å². The van der Waals surface area contributed by atoms with Gasteiger partial charge in [0, 0.05) is 37.2 Å². The lowest BCUT2D eigenvalue weighted by Gasteiger charge is -2.68. The fourth-order valence-electron chi connectivity index (χ4n) is 7.83. The Bertz CT molecular complexity index is 834. The molecule has 0 N–H and O–H groups in total. The minimum absolute atomic E-state index is 0.0413. The van der Waals surface area contributed by atoms with E-state index in [1.165, 1.54) is 14.0 Å². The lowest BCUT2D eigenvalue weighted by molar-refractivity contribution is -0.283. The highest BCUT2D eigenvalue weighted by Gasteiger charge is 2.74. The Morgan fingerprint density at radius 2 is 1.81 bits per heavy atom. The van der Waals surface area contributed by atoms with Gasteiger partial charge in [-0.1, -0.05) is 27.7 Å². The van der Waals surface area contributed by atoms with Gasteiger partial charge in [0.1, 0.15) is 12.2 Å². The summed E-state index contributed by atoms with van der Waals surface area (Å²) in [5.41, 5.74) is -1.37. The monoisotopic (exact) mass is 434 g/mol. The van der Waals surface area contributed by atoms with Gasteiger partial charge in [0.05, 0.1) is 13.2 Å². The van der Waals surface area contributed by atoms with Gasteiger partial charge in [-0.2, -0.15) is 0 Å². The van der Waals surface area contributed by atoms with E-state index in [1.807, 2.05) is 19.9 Å². The molecule has 0 aromatic heterocycles. The third kappa shape index (κ3) is 2.84. The molecule has 0 radical (unpaired) electrons. The van der Waals surface area contributed by atoms with E-state index in [-0.39, 0.29) is 53.9 Å². The van der Waals surface area contributed by atoms with Crippen LogP contribution in [-0.2, 0) is 33.3 Å². The zero-order valence-electron chi connectivity index (χ0n) is 19.5. The van der Waals surface area contributed by atoms with Crippen molar-refractivity contribution in [2.75, 3.05) is 14.2 Å². The van der Waals surface area contributed by atoms with Gasteiger partial charge < -0.3 is 18.9 Å². The molecule has 10 unspecified atom stereocenters. The summed E-state index contributed by atoms with van der Waals surface area (Å²) < 4.78 is 23.3. The average Bonchev–Trinajstić information content (AvgIpc) is 2.69. The zero-order valence-corrected chi connectivity index (χ0v) is 19.5. The van der Waals surface area contributed by atoms with Crippen LogP contribution in [-0.4, -0.2) is 50.3 Å². The second-order valence-electron chi connectivity index (χ2n) is 10.3. The van der Waals surface area contributed by atoms with Crippen LogP contribution in [0.5, 0.6) is 0 Å². The summed E-state index contributed by atoms with van der Waals surface area (Å²) in [4.78, 5) is 38.7. The van der Waals surface area contributed by atoms with Crippen LogP contribution in [0.15, 0.2) is 11.8 Å². The zero-order chi connectivity index (χ0) is 22.9. The molecule has 1 saturated heterocycles. The molecule has 1 heterocycles. The first kappa shape index (κ1) is 22.3. The molecule has 3 fully saturated rings. The van der Waals surface area contributed by atoms with Crippen molar-refractivity contribution in [3.05, 3.63) is 11.8 Å². The van der Waals surface area contributed by atoms with E-state index in [1.54, 1.807) is 7.11 Å². The minimum Gasteiger partial charge on any atom is -0.493 e. The maximum absolute atomic E-state index is 13.9. The molecule has 0 aromatic carbocycles. The Balaban J connectivity index is 1.96. The number of carbonyl (C=O) groups excluding carboxylic acids is 3. The van der Waals surface area contributed by atoms with Crippen molar-refractivity contribution in [3.63, 3.8) is 0 Å². The van der Waals surface area contributed by atoms with Gasteiger partial charge in [-0.05, 0) is 36.2 Å². The number of Topliss-reactive ketones (excluding diaryl/α,β-unsaturated/α-hetero) is 1. The summed E-state index contributed by atoms with van der Waals surface area (Å²) in [5.74, 6) is -0.817. The number of allylic oxidation sites excluding steroid dienone is 2. The maximum atomic E-state index is 13.9. The number of fused-ring (bicyclic) bond motifs is 2. The fourth-order valence-corrected chi connectivity index (χ4v) is 7.83. The van der Waals surface area contributed by atoms with E-state index in [0.717, 1.165) is 0 Å². The van der Waals surface area contributed by atoms with Crippen molar-refractivity contribution < 1.29 is 33.3 Å². The van der Waals surface area contributed by atoms with Gasteiger partial charge in [-0.15, -0.1) is 0 Å². The average molecular weight is 435 g/mol. The van der Waals surface area contributed by atoms with Crippen LogP contribution >= 0.6 is 0 Å². The second-order valence-corrected chi connectivity index (χ2v) is 10.3. The Kier molecular flexibility index (Phi) is 5.27. The third-order valence-corrected chi connectivity index (χ3v) is 9.07. The lowest BCUT2D eigenvalue weighted by atomic mass is 9.38. The molecule has 0 aromatic rings. The molecule has 31 heavy (non-hydrogen) atoms. The molecule has 3 aliphatic carbocycles. The quantitative estimate of drug-likeness (QED) is 0.631. The van der Waals surface area contributed by atoms with E-state index in [9.17, 15) is 14.4 Å². The molecule has 2 saturated carbocycles. The molecule has 10 atom stereocenters. The molecule has 4 aliphatic rings. The Hall–Kier alpha value is -1.89. The van der Waals surface area contributed by atoms with Crippen molar-refractivity contribution in [2.24, 2.45) is 40.4 Å². The van der Waals surface area contributed by atoms with Crippen LogP contribution < -0.4 is 0 Å². The number of methoxy groups -OCH3 is 2. The van der Waals surface area contributed by atoms with E-state index < -0.39 is 29.0 Å². The van der Waals surface area contributed by atoms with Crippen LogP contribution in [0.3, 0.4) is 0 Å². The topological polar surface area (TPSA) is 88.1 Å². The molecule has 7 heteroatoms. The van der Waals surface area contributed by atoms with Gasteiger partial charge in [-0.3, -0.25) is 14.4 Å². The number of rotatable bonds is 3. The number of ether oxygens (including phenoxy) is 4. The summed E-state index contributed by atoms with van der Waals surface area (Å²) >= 11 is 0. The van der Waals surface area contributed by atoms with E-state index in [4.69, 9.17) is 18.9 Å². The maximum Gasteiger partial charge on any atom is 0.306 e. The highest BCUT2D eigenvalue weighted by Crippen LogP contribution is 2.68. The predicted octanol–water partition coefficient (Wildman–Crippen LogP) is 2.91. The van der Waals surface area contributed by atoms with Crippen molar-refractivity contribution in [2.45, 2.75) is 65.8 Å². The standard InChI is InChI=1S/C24H34O7/c1-11-8-16(28-6)22(27)24(5)14(11)9-17-23(4)15(10-18(26)31-17)12(2)19(29-7)20(21(23)24)30-13(3)25/h8,11-12,14-15,17,19-21H,9-10H2,1-7H3. The number of hydrogen-bond acceptors (Lipinski definition) is 7. The molecule has 0 bridgehead atoms. The number of ketones is 1. The van der Waals surface area contributed by atoms with Crippen LogP contribution in [0.1, 0.15) is 47.5 Å². The van der Waals surface area contributed by atoms with Gasteiger partial charge in [0.2, 0.25) is 5.78 Å². The lowest BCUT2D eigenvalue weighted by Crippen LogP contribution is -2.74. The Labute approximate surface area is 183 Å². The van der Waals surface area contributed by atoms with E-state index >= 15 is 0 Å². The molecule has 0 spiro atoms. The third-order valence-electron chi connectivity index (χ3n) is 9.07. The van der Waals surface area contributed by atoms with Crippen molar-refractivity contribution >= 4 is 17.7 Å². The van der Waals surface area contributed by atoms with Crippen molar-refractivity contribution in [1.82, 2.24) is 0 Å². The molecular weight excluding hydrogens is 400 g/mol. The van der Waals surface area contributed by atoms with Gasteiger partial charge in [0.25, 0.3) is 0 Å². The first-order chi connectivity index (χ1) is 14.5. The molecule has 172 valence electrons. The summed E-state index contributed by atoms with van der Waals surface area (Å²) in [6.45, 7) is 9.61. The van der Waals surface area contributed by atoms with Crippen LogP contribution in [0, 0.1) is 40.4 Å². The fraction of sp³-hybridized carbons (Fsp3) is 0.792. The number of esters is 2. The summed E-state index contributed by atoms with van der Waals surface area (Å²) in [7, 11) is 3.12. The first-order valence-electron chi connectivity index (χ1n) is 11.2. The molecule has 4 rings (SSSR count). The van der Waals surface area contributed by atoms with Crippen molar-refractivity contribution in [3.8, 4) is 0 Å². The second kappa shape index (κ2) is 7.32. The number of carbonyl (C=O) groups is 3.